The molecule has 0 bridgehead atoms. The van der Waals surface area contributed by atoms with Crippen molar-refractivity contribution in [3.8, 4) is 5.75 Å². The van der Waals surface area contributed by atoms with Gasteiger partial charge in [-0.2, -0.15) is 0 Å². The Balaban J connectivity index is 2.96. The molecule has 0 saturated carbocycles. The van der Waals surface area contributed by atoms with Gasteiger partial charge in [0.15, 0.2) is 0 Å². The quantitative estimate of drug-likeness (QED) is 0.655. The molecule has 0 spiro atoms. The lowest BCUT2D eigenvalue weighted by molar-refractivity contribution is 0.492. The van der Waals surface area contributed by atoms with Crippen molar-refractivity contribution in [3.05, 3.63) is 27.7 Å². The first-order valence-corrected chi connectivity index (χ1v) is 9.35. The van der Waals surface area contributed by atoms with E-state index in [0.29, 0.717) is 5.02 Å². The molecule has 90 valence electrons. The van der Waals surface area contributed by atoms with Crippen LogP contribution in [0, 0.1) is 0 Å². The minimum Gasteiger partial charge on any atom is -0.543 e. The van der Waals surface area contributed by atoms with Crippen LogP contribution in [-0.2, 0) is 0 Å². The van der Waals surface area contributed by atoms with Crippen molar-refractivity contribution in [3.63, 3.8) is 0 Å². The molecule has 0 radical (unpaired) electrons. The monoisotopic (exact) mass is 320 g/mol. The molecular weight excluding hydrogens is 304 g/mol. The summed E-state index contributed by atoms with van der Waals surface area (Å²) in [5.74, 6) is 0.853. The van der Waals surface area contributed by atoms with Crippen LogP contribution in [0.15, 0.2) is 22.7 Å². The van der Waals surface area contributed by atoms with Crippen LogP contribution in [0.4, 0.5) is 0 Å². The Bertz CT molecular complexity index is 365. The second-order valence-corrected chi connectivity index (χ2v) is 11.5. The zero-order valence-corrected chi connectivity index (χ0v) is 13.7. The van der Waals surface area contributed by atoms with E-state index in [1.807, 2.05) is 18.2 Å². The summed E-state index contributed by atoms with van der Waals surface area (Å²) in [4.78, 5) is 0. The second-order valence-electron chi connectivity index (χ2n) is 5.47. The summed E-state index contributed by atoms with van der Waals surface area (Å²) in [6.45, 7) is 11.1. The molecular formula is C12H18BrClOSi. The van der Waals surface area contributed by atoms with Crippen LogP contribution in [0.2, 0.25) is 23.2 Å². The van der Waals surface area contributed by atoms with E-state index in [2.05, 4.69) is 49.8 Å². The second kappa shape index (κ2) is 4.71. The minimum atomic E-state index is -1.77. The largest absolute Gasteiger partial charge is 0.543 e. The Hall–Kier alpha value is 0.00688. The first-order valence-electron chi connectivity index (χ1n) is 5.27. The van der Waals surface area contributed by atoms with Gasteiger partial charge in [0.2, 0.25) is 8.32 Å². The highest BCUT2D eigenvalue weighted by Gasteiger charge is 2.38. The Kier molecular flexibility index (Phi) is 4.14. The Morgan fingerprint density at radius 3 is 2.19 bits per heavy atom. The third kappa shape index (κ3) is 3.50. The van der Waals surface area contributed by atoms with Crippen LogP contribution in [0.5, 0.6) is 5.75 Å². The van der Waals surface area contributed by atoms with Crippen LogP contribution in [-0.4, -0.2) is 8.32 Å². The summed E-state index contributed by atoms with van der Waals surface area (Å²) in [6, 6.07) is 5.69. The number of halogens is 2. The molecule has 0 atom stereocenters. The lowest BCUT2D eigenvalue weighted by Gasteiger charge is -2.36. The molecule has 0 unspecified atom stereocenters. The minimum absolute atomic E-state index is 0.196. The van der Waals surface area contributed by atoms with Crippen molar-refractivity contribution >= 4 is 35.8 Å². The zero-order valence-electron chi connectivity index (χ0n) is 10.4. The van der Waals surface area contributed by atoms with E-state index >= 15 is 0 Å². The fourth-order valence-corrected chi connectivity index (χ4v) is 2.88. The van der Waals surface area contributed by atoms with Gasteiger partial charge >= 0.3 is 0 Å². The van der Waals surface area contributed by atoms with E-state index < -0.39 is 8.32 Å². The fraction of sp³-hybridized carbons (Fsp3) is 0.500. The molecule has 1 aromatic carbocycles. The summed E-state index contributed by atoms with van der Waals surface area (Å²) in [5.41, 5.74) is 0. The predicted molar refractivity (Wildman–Crippen MR) is 77.0 cm³/mol. The van der Waals surface area contributed by atoms with E-state index in [1.165, 1.54) is 0 Å². The van der Waals surface area contributed by atoms with Crippen LogP contribution >= 0.6 is 27.5 Å². The molecule has 0 aliphatic carbocycles. The third-order valence-corrected chi connectivity index (χ3v) is 8.05. The molecule has 0 amide bonds. The fourth-order valence-electron chi connectivity index (χ4n) is 1.04. The van der Waals surface area contributed by atoms with E-state index in [-0.39, 0.29) is 5.04 Å². The first-order chi connectivity index (χ1) is 7.12. The molecule has 4 heteroatoms. The van der Waals surface area contributed by atoms with Gasteiger partial charge in [-0.1, -0.05) is 48.3 Å². The summed E-state index contributed by atoms with van der Waals surface area (Å²) in [6.07, 6.45) is 0. The molecule has 16 heavy (non-hydrogen) atoms. The highest BCUT2D eigenvalue weighted by molar-refractivity contribution is 9.10. The van der Waals surface area contributed by atoms with E-state index in [1.54, 1.807) is 0 Å². The van der Waals surface area contributed by atoms with Crippen LogP contribution in [0.25, 0.3) is 0 Å². The van der Waals surface area contributed by atoms with Gasteiger partial charge in [-0.15, -0.1) is 0 Å². The number of rotatable bonds is 2. The zero-order chi connectivity index (χ0) is 12.6. The maximum atomic E-state index is 6.15. The molecule has 1 nitrogen and oxygen atoms in total. The summed E-state index contributed by atoms with van der Waals surface area (Å²) < 4.78 is 7.10. The molecule has 1 aromatic rings. The average Bonchev–Trinajstić information content (AvgIpc) is 1.97. The third-order valence-electron chi connectivity index (χ3n) is 3.02. The van der Waals surface area contributed by atoms with Gasteiger partial charge in [-0.3, -0.25) is 0 Å². The number of hydrogen-bond acceptors (Lipinski definition) is 1. The Morgan fingerprint density at radius 2 is 1.75 bits per heavy atom. The molecule has 0 saturated heterocycles. The highest BCUT2D eigenvalue weighted by Crippen LogP contribution is 2.38. The van der Waals surface area contributed by atoms with Gasteiger partial charge in [0.05, 0.1) is 0 Å². The van der Waals surface area contributed by atoms with Crippen molar-refractivity contribution in [2.24, 2.45) is 0 Å². The highest BCUT2D eigenvalue weighted by atomic mass is 79.9. The number of benzene rings is 1. The lowest BCUT2D eigenvalue weighted by Crippen LogP contribution is -2.43. The van der Waals surface area contributed by atoms with Crippen molar-refractivity contribution in [1.29, 1.82) is 0 Å². The van der Waals surface area contributed by atoms with Gasteiger partial charge in [0.1, 0.15) is 5.75 Å². The molecule has 1 rings (SSSR count). The molecule has 0 N–H and O–H groups in total. The summed E-state index contributed by atoms with van der Waals surface area (Å²) >= 11 is 9.42. The normalized spacial score (nSPS) is 12.7. The van der Waals surface area contributed by atoms with Crippen molar-refractivity contribution in [2.75, 3.05) is 0 Å². The lowest BCUT2D eigenvalue weighted by atomic mass is 10.2. The Labute approximate surface area is 112 Å². The van der Waals surface area contributed by atoms with Crippen LogP contribution < -0.4 is 4.43 Å². The van der Waals surface area contributed by atoms with E-state index in [9.17, 15) is 0 Å². The van der Waals surface area contributed by atoms with Crippen molar-refractivity contribution < 1.29 is 4.43 Å². The van der Waals surface area contributed by atoms with Gasteiger partial charge in [-0.05, 0) is 36.3 Å². The summed E-state index contributed by atoms with van der Waals surface area (Å²) in [5, 5.41) is 0.894. The van der Waals surface area contributed by atoms with E-state index in [4.69, 9.17) is 16.0 Å². The predicted octanol–water partition coefficient (Wildman–Crippen LogP) is 5.49. The maximum absolute atomic E-state index is 6.15. The van der Waals surface area contributed by atoms with Gasteiger partial charge in [0.25, 0.3) is 0 Å². The average molecular weight is 322 g/mol. The molecule has 0 heterocycles. The first kappa shape index (κ1) is 14.1. The van der Waals surface area contributed by atoms with Crippen LogP contribution in [0.3, 0.4) is 0 Å². The van der Waals surface area contributed by atoms with Gasteiger partial charge in [-0.25, -0.2) is 0 Å². The molecule has 0 aliphatic rings. The molecule has 0 aromatic heterocycles. The Morgan fingerprint density at radius 1 is 1.19 bits per heavy atom. The van der Waals surface area contributed by atoms with Gasteiger partial charge < -0.3 is 4.43 Å². The van der Waals surface area contributed by atoms with Crippen molar-refractivity contribution in [2.45, 2.75) is 38.9 Å². The summed E-state index contributed by atoms with van der Waals surface area (Å²) in [7, 11) is -1.77. The van der Waals surface area contributed by atoms with Crippen LogP contribution in [0.1, 0.15) is 20.8 Å². The molecule has 0 aliphatic heterocycles. The molecule has 0 fully saturated rings. The van der Waals surface area contributed by atoms with Crippen molar-refractivity contribution in [1.82, 2.24) is 0 Å². The smallest absolute Gasteiger partial charge is 0.250 e. The SMILES string of the molecule is CC(C)(C)[Si](C)(C)Oc1cc(Cl)cc(Br)c1. The maximum Gasteiger partial charge on any atom is 0.250 e. The van der Waals surface area contributed by atoms with Gasteiger partial charge in [0, 0.05) is 9.50 Å². The topological polar surface area (TPSA) is 9.23 Å². The van der Waals surface area contributed by atoms with E-state index in [0.717, 1.165) is 10.2 Å². The number of hydrogen-bond donors (Lipinski definition) is 0. The standard InChI is InChI=1S/C12H18BrClOSi/c1-12(2,3)16(4,5)15-11-7-9(13)6-10(14)8-11/h6-8H,1-5H3.